The lowest BCUT2D eigenvalue weighted by Gasteiger charge is -2.32. The third kappa shape index (κ3) is 4.69. The molecule has 1 amide bonds. The van der Waals surface area contributed by atoms with Gasteiger partial charge in [0.2, 0.25) is 0 Å². The van der Waals surface area contributed by atoms with Crippen molar-refractivity contribution >= 4 is 28.5 Å². The van der Waals surface area contributed by atoms with Crippen molar-refractivity contribution in [2.24, 2.45) is 11.8 Å². The molecule has 32 heavy (non-hydrogen) atoms. The van der Waals surface area contributed by atoms with Crippen molar-refractivity contribution in [3.05, 3.63) is 64.4 Å². The van der Waals surface area contributed by atoms with E-state index in [0.29, 0.717) is 17.4 Å². The van der Waals surface area contributed by atoms with Crippen molar-refractivity contribution in [1.82, 2.24) is 19.8 Å². The number of benzene rings is 2. The van der Waals surface area contributed by atoms with Crippen molar-refractivity contribution < 1.29 is 4.79 Å². The Morgan fingerprint density at radius 3 is 2.66 bits per heavy atom. The van der Waals surface area contributed by atoms with Crippen LogP contribution in [-0.2, 0) is 19.5 Å². The molecule has 1 atom stereocenters. The van der Waals surface area contributed by atoms with E-state index in [0.717, 1.165) is 73.9 Å². The minimum Gasteiger partial charge on any atom is -0.352 e. The first kappa shape index (κ1) is 21.5. The number of carbonyl (C=O) groups is 1. The van der Waals surface area contributed by atoms with Gasteiger partial charge >= 0.3 is 0 Å². The molecule has 0 radical (unpaired) electrons. The summed E-state index contributed by atoms with van der Waals surface area (Å²) in [5, 5.41) is 3.95. The molecule has 1 fully saturated rings. The summed E-state index contributed by atoms with van der Waals surface area (Å²) in [4.78, 5) is 20.1. The highest BCUT2D eigenvalue weighted by atomic mass is 35.5. The van der Waals surface area contributed by atoms with Gasteiger partial charge in [-0.2, -0.15) is 0 Å². The average Bonchev–Trinajstić information content (AvgIpc) is 3.16. The summed E-state index contributed by atoms with van der Waals surface area (Å²) in [5.41, 5.74) is 4.10. The number of imidazole rings is 1. The van der Waals surface area contributed by atoms with Crippen LogP contribution in [-0.4, -0.2) is 40.0 Å². The highest BCUT2D eigenvalue weighted by Gasteiger charge is 2.22. The molecule has 0 spiro atoms. The van der Waals surface area contributed by atoms with E-state index < -0.39 is 0 Å². The zero-order valence-electron chi connectivity index (χ0n) is 18.7. The van der Waals surface area contributed by atoms with Gasteiger partial charge in [-0.25, -0.2) is 4.98 Å². The summed E-state index contributed by atoms with van der Waals surface area (Å²) in [6.45, 7) is 7.13. The number of amides is 1. The van der Waals surface area contributed by atoms with Crippen LogP contribution in [0, 0.1) is 11.8 Å². The molecule has 3 heterocycles. The number of aromatic nitrogens is 2. The summed E-state index contributed by atoms with van der Waals surface area (Å²) in [7, 11) is 0. The van der Waals surface area contributed by atoms with Gasteiger partial charge in [-0.1, -0.05) is 30.7 Å². The zero-order valence-corrected chi connectivity index (χ0v) is 19.4. The minimum atomic E-state index is 0.00911. The lowest BCUT2D eigenvalue weighted by Crippen LogP contribution is -2.38. The number of halogens is 1. The quantitative estimate of drug-likeness (QED) is 0.600. The van der Waals surface area contributed by atoms with Crippen molar-refractivity contribution in [2.45, 2.75) is 45.7 Å². The number of likely N-dealkylation sites (tertiary alicyclic amines) is 1. The number of rotatable bonds is 5. The fraction of sp³-hybridized carbons (Fsp3) is 0.462. The summed E-state index contributed by atoms with van der Waals surface area (Å²) in [6.07, 6.45) is 4.43. The van der Waals surface area contributed by atoms with Crippen molar-refractivity contribution in [2.75, 3.05) is 19.6 Å². The van der Waals surface area contributed by atoms with E-state index in [2.05, 4.69) is 39.9 Å². The molecule has 6 heteroatoms. The van der Waals surface area contributed by atoms with E-state index >= 15 is 0 Å². The van der Waals surface area contributed by atoms with Crippen molar-refractivity contribution in [3.8, 4) is 0 Å². The Morgan fingerprint density at radius 1 is 1.09 bits per heavy atom. The van der Waals surface area contributed by atoms with Gasteiger partial charge in [-0.15, -0.1) is 0 Å². The van der Waals surface area contributed by atoms with Gasteiger partial charge in [0.25, 0.3) is 5.91 Å². The number of hydrogen-bond acceptors (Lipinski definition) is 3. The molecule has 2 aliphatic rings. The Bertz CT molecular complexity index is 1100. The monoisotopic (exact) mass is 450 g/mol. The number of nitrogens with one attached hydrogen (secondary N) is 1. The van der Waals surface area contributed by atoms with Crippen LogP contribution < -0.4 is 5.32 Å². The smallest absolute Gasteiger partial charge is 0.251 e. The van der Waals surface area contributed by atoms with Crippen LogP contribution in [0.25, 0.3) is 11.0 Å². The number of piperidine rings is 1. The fourth-order valence-electron chi connectivity index (χ4n) is 5.03. The highest BCUT2D eigenvalue weighted by Crippen LogP contribution is 2.26. The number of hydrogen-bond donors (Lipinski definition) is 1. The Hall–Kier alpha value is -2.37. The molecule has 0 bridgehead atoms. The van der Waals surface area contributed by atoms with Crippen LogP contribution in [0.5, 0.6) is 0 Å². The molecule has 2 aromatic carbocycles. The van der Waals surface area contributed by atoms with Gasteiger partial charge in [0.1, 0.15) is 5.82 Å². The van der Waals surface area contributed by atoms with Gasteiger partial charge in [-0.05, 0) is 80.1 Å². The molecule has 3 aromatic rings. The van der Waals surface area contributed by atoms with Gasteiger partial charge in [0, 0.05) is 36.6 Å². The third-order valence-electron chi connectivity index (χ3n) is 7.04. The molecule has 1 saturated heterocycles. The maximum atomic E-state index is 12.8. The normalized spacial score (nSPS) is 19.8. The Morgan fingerprint density at radius 2 is 1.88 bits per heavy atom. The van der Waals surface area contributed by atoms with Crippen LogP contribution in [0.3, 0.4) is 0 Å². The first-order valence-electron chi connectivity index (χ1n) is 11.8. The highest BCUT2D eigenvalue weighted by molar-refractivity contribution is 6.30. The molecule has 0 aliphatic carbocycles. The first-order chi connectivity index (χ1) is 15.5. The van der Waals surface area contributed by atoms with Crippen LogP contribution in [0.4, 0.5) is 0 Å². The molecule has 1 aromatic heterocycles. The summed E-state index contributed by atoms with van der Waals surface area (Å²) in [5.74, 6) is 2.38. The number of carbonyl (C=O) groups excluding carboxylic acids is 1. The molecule has 5 rings (SSSR count). The van der Waals surface area contributed by atoms with Crippen LogP contribution in [0.15, 0.2) is 42.5 Å². The molecular weight excluding hydrogens is 420 g/mol. The Balaban J connectivity index is 1.13. The van der Waals surface area contributed by atoms with E-state index in [9.17, 15) is 4.79 Å². The zero-order chi connectivity index (χ0) is 22.1. The second-order valence-corrected chi connectivity index (χ2v) is 9.97. The van der Waals surface area contributed by atoms with Crippen LogP contribution in [0.1, 0.15) is 47.9 Å². The molecule has 0 unspecified atom stereocenters. The standard InChI is InChI=1S/C26H31ClN4O/c1-18-8-13-31-24-7-4-21(15-23(24)29-25(31)14-18)26(32)28-16-19-9-11-30(12-10-19)17-20-2-5-22(27)6-3-20/h2-7,15,18-19H,8-14,16-17H2,1H3,(H,28,32)/t18-/m0/s1. The molecule has 5 nitrogen and oxygen atoms in total. The van der Waals surface area contributed by atoms with Gasteiger partial charge in [0.05, 0.1) is 11.0 Å². The first-order valence-corrected chi connectivity index (χ1v) is 12.2. The largest absolute Gasteiger partial charge is 0.352 e. The molecular formula is C26H31ClN4O. The summed E-state index contributed by atoms with van der Waals surface area (Å²) < 4.78 is 2.31. The van der Waals surface area contributed by atoms with E-state index in [1.54, 1.807) is 0 Å². The summed E-state index contributed by atoms with van der Waals surface area (Å²) >= 11 is 5.98. The second-order valence-electron chi connectivity index (χ2n) is 9.54. The predicted molar refractivity (Wildman–Crippen MR) is 129 cm³/mol. The maximum absolute atomic E-state index is 12.8. The average molecular weight is 451 g/mol. The van der Waals surface area contributed by atoms with E-state index in [1.807, 2.05) is 24.3 Å². The van der Waals surface area contributed by atoms with Crippen LogP contribution in [0.2, 0.25) is 5.02 Å². The predicted octanol–water partition coefficient (Wildman–Crippen LogP) is 4.91. The van der Waals surface area contributed by atoms with E-state index in [-0.39, 0.29) is 5.91 Å². The lowest BCUT2D eigenvalue weighted by molar-refractivity contribution is 0.0935. The minimum absolute atomic E-state index is 0.00911. The summed E-state index contributed by atoms with van der Waals surface area (Å²) in [6, 6.07) is 14.1. The lowest BCUT2D eigenvalue weighted by atomic mass is 9.96. The second kappa shape index (κ2) is 9.24. The molecule has 168 valence electrons. The SMILES string of the molecule is C[C@H]1CCn2c(nc3cc(C(=O)NCC4CCN(Cc5ccc(Cl)cc5)CC4)ccc32)C1. The molecule has 0 saturated carbocycles. The topological polar surface area (TPSA) is 50.2 Å². The number of aryl methyl sites for hydroxylation is 1. The molecule has 1 N–H and O–H groups in total. The van der Waals surface area contributed by atoms with Gasteiger partial charge in [0.15, 0.2) is 0 Å². The maximum Gasteiger partial charge on any atom is 0.251 e. The van der Waals surface area contributed by atoms with Gasteiger partial charge < -0.3 is 9.88 Å². The third-order valence-corrected chi connectivity index (χ3v) is 7.30. The van der Waals surface area contributed by atoms with Crippen molar-refractivity contribution in [1.29, 1.82) is 0 Å². The van der Waals surface area contributed by atoms with E-state index in [1.165, 1.54) is 12.0 Å². The number of nitrogens with zero attached hydrogens (tertiary/aromatic N) is 3. The van der Waals surface area contributed by atoms with Crippen LogP contribution >= 0.6 is 11.6 Å². The fourth-order valence-corrected chi connectivity index (χ4v) is 5.15. The number of fused-ring (bicyclic) bond motifs is 3. The Kier molecular flexibility index (Phi) is 6.20. The molecule has 2 aliphatic heterocycles. The van der Waals surface area contributed by atoms with E-state index in [4.69, 9.17) is 16.6 Å². The van der Waals surface area contributed by atoms with Gasteiger partial charge in [-0.3, -0.25) is 9.69 Å². The Labute approximate surface area is 194 Å². The van der Waals surface area contributed by atoms with Crippen molar-refractivity contribution in [3.63, 3.8) is 0 Å².